The number of methoxy groups -OCH3 is 1. The van der Waals surface area contributed by atoms with Gasteiger partial charge in [-0.1, -0.05) is 31.2 Å². The molecule has 2 aromatic carbocycles. The Hall–Kier alpha value is -3.02. The summed E-state index contributed by atoms with van der Waals surface area (Å²) < 4.78 is 10.8. The molecule has 1 unspecified atom stereocenters. The molecule has 0 spiro atoms. The summed E-state index contributed by atoms with van der Waals surface area (Å²) in [4.78, 5) is 24.2. The number of nitrogens with one attached hydrogen (secondary N) is 2. The normalized spacial score (nSPS) is 11.4. The van der Waals surface area contributed by atoms with Crippen molar-refractivity contribution in [2.24, 2.45) is 0 Å². The highest BCUT2D eigenvalue weighted by Gasteiger charge is 2.18. The van der Waals surface area contributed by atoms with Crippen LogP contribution in [-0.2, 0) is 9.59 Å². The number of carbonyl (C=O) groups is 2. The lowest BCUT2D eigenvalue weighted by Crippen LogP contribution is -2.29. The quantitative estimate of drug-likeness (QED) is 0.706. The highest BCUT2D eigenvalue weighted by Crippen LogP contribution is 2.26. The molecule has 27 heavy (non-hydrogen) atoms. The van der Waals surface area contributed by atoms with Crippen LogP contribution in [0.3, 0.4) is 0 Å². The first-order chi connectivity index (χ1) is 13.0. The van der Waals surface area contributed by atoms with Crippen LogP contribution in [0.15, 0.2) is 48.5 Å². The van der Waals surface area contributed by atoms with Gasteiger partial charge in [-0.15, -0.1) is 0 Å². The van der Waals surface area contributed by atoms with Gasteiger partial charge < -0.3 is 20.1 Å². The Labute approximate surface area is 159 Å². The summed E-state index contributed by atoms with van der Waals surface area (Å²) in [5.74, 6) is 0.937. The summed E-state index contributed by atoms with van der Waals surface area (Å²) in [6.07, 6.45) is 0.985. The van der Waals surface area contributed by atoms with Crippen LogP contribution < -0.4 is 20.1 Å². The first-order valence-electron chi connectivity index (χ1n) is 8.96. The number of hydrogen-bond donors (Lipinski definition) is 2. The Kier molecular flexibility index (Phi) is 7.67. The zero-order valence-electron chi connectivity index (χ0n) is 16.0. The molecule has 2 N–H and O–H groups in total. The first kappa shape index (κ1) is 20.3. The smallest absolute Gasteiger partial charge is 0.226 e. The summed E-state index contributed by atoms with van der Waals surface area (Å²) >= 11 is 0. The topological polar surface area (TPSA) is 76.7 Å². The molecule has 0 saturated carbocycles. The minimum atomic E-state index is -0.433. The molecule has 6 heteroatoms. The molecule has 2 amide bonds. The largest absolute Gasteiger partial charge is 0.497 e. The summed E-state index contributed by atoms with van der Waals surface area (Å²) in [6.45, 7) is 4.03. The fraction of sp³-hybridized carbons (Fsp3) is 0.333. The number of amides is 2. The van der Waals surface area contributed by atoms with Crippen molar-refractivity contribution in [1.82, 2.24) is 5.32 Å². The maximum absolute atomic E-state index is 12.6. The number of benzene rings is 2. The zero-order chi connectivity index (χ0) is 19.6. The fourth-order valence-electron chi connectivity index (χ4n) is 2.63. The highest BCUT2D eigenvalue weighted by molar-refractivity contribution is 5.93. The minimum Gasteiger partial charge on any atom is -0.497 e. The maximum atomic E-state index is 12.6. The van der Waals surface area contributed by atoms with Crippen molar-refractivity contribution in [3.05, 3.63) is 54.1 Å². The second-order valence-electron chi connectivity index (χ2n) is 6.12. The van der Waals surface area contributed by atoms with Crippen LogP contribution >= 0.6 is 0 Å². The lowest BCUT2D eigenvalue weighted by Gasteiger charge is -2.19. The molecule has 0 heterocycles. The lowest BCUT2D eigenvalue weighted by atomic mass is 10.0. The average molecular weight is 370 g/mol. The lowest BCUT2D eigenvalue weighted by molar-refractivity contribution is -0.120. The van der Waals surface area contributed by atoms with Crippen molar-refractivity contribution in [1.29, 1.82) is 0 Å². The van der Waals surface area contributed by atoms with E-state index in [1.807, 2.05) is 37.3 Å². The second kappa shape index (κ2) is 10.2. The Bertz CT molecular complexity index is 759. The van der Waals surface area contributed by atoms with Crippen molar-refractivity contribution >= 4 is 17.5 Å². The van der Waals surface area contributed by atoms with Crippen LogP contribution in [0, 0.1) is 0 Å². The van der Waals surface area contributed by atoms with Gasteiger partial charge in [0, 0.05) is 6.92 Å². The second-order valence-corrected chi connectivity index (χ2v) is 6.12. The molecule has 2 rings (SSSR count). The molecule has 0 fully saturated rings. The van der Waals surface area contributed by atoms with Gasteiger partial charge in [0.25, 0.3) is 0 Å². The molecule has 1 atom stereocenters. The highest BCUT2D eigenvalue weighted by atomic mass is 16.5. The summed E-state index contributed by atoms with van der Waals surface area (Å²) in [5.41, 5.74) is 1.45. The van der Waals surface area contributed by atoms with Gasteiger partial charge in [-0.2, -0.15) is 0 Å². The Balaban J connectivity index is 2.10. The van der Waals surface area contributed by atoms with Gasteiger partial charge in [0.1, 0.15) is 11.5 Å². The van der Waals surface area contributed by atoms with E-state index in [1.54, 1.807) is 25.3 Å². The Morgan fingerprint density at radius 2 is 1.78 bits per heavy atom. The van der Waals surface area contributed by atoms with Crippen molar-refractivity contribution in [3.8, 4) is 11.5 Å². The molecule has 6 nitrogen and oxygen atoms in total. The maximum Gasteiger partial charge on any atom is 0.226 e. The standard InChI is InChI=1S/C21H26N2O4/c1-4-13-27-20-8-6-5-7-18(20)23-21(25)14-19(22-15(2)24)16-9-11-17(26-3)12-10-16/h5-12,19H,4,13-14H2,1-3H3,(H,22,24)(H,23,25). The van der Waals surface area contributed by atoms with Crippen LogP contribution in [0.25, 0.3) is 0 Å². The van der Waals surface area contributed by atoms with Gasteiger partial charge in [0.15, 0.2) is 0 Å². The number of para-hydroxylation sites is 2. The van der Waals surface area contributed by atoms with Crippen LogP contribution in [-0.4, -0.2) is 25.5 Å². The van der Waals surface area contributed by atoms with Gasteiger partial charge in [-0.05, 0) is 36.2 Å². The SMILES string of the molecule is CCCOc1ccccc1NC(=O)CC(NC(C)=O)c1ccc(OC)cc1. The van der Waals surface area contributed by atoms with E-state index in [0.29, 0.717) is 23.8 Å². The fourth-order valence-corrected chi connectivity index (χ4v) is 2.63. The molecule has 0 radical (unpaired) electrons. The van der Waals surface area contributed by atoms with Crippen molar-refractivity contribution in [3.63, 3.8) is 0 Å². The molecule has 0 bridgehead atoms. The minimum absolute atomic E-state index is 0.105. The van der Waals surface area contributed by atoms with Gasteiger partial charge >= 0.3 is 0 Å². The van der Waals surface area contributed by atoms with Crippen molar-refractivity contribution in [2.75, 3.05) is 19.0 Å². The van der Waals surface area contributed by atoms with Gasteiger partial charge in [-0.3, -0.25) is 9.59 Å². The van der Waals surface area contributed by atoms with E-state index in [-0.39, 0.29) is 18.2 Å². The molecule has 144 valence electrons. The van der Waals surface area contributed by atoms with E-state index in [2.05, 4.69) is 10.6 Å². The number of carbonyl (C=O) groups excluding carboxylic acids is 2. The molecule has 0 aliphatic carbocycles. The van der Waals surface area contributed by atoms with E-state index in [0.717, 1.165) is 12.0 Å². The van der Waals surface area contributed by atoms with Crippen LogP contribution in [0.4, 0.5) is 5.69 Å². The van der Waals surface area contributed by atoms with E-state index in [4.69, 9.17) is 9.47 Å². The molecule has 0 aliphatic heterocycles. The number of ether oxygens (including phenoxy) is 2. The molecular weight excluding hydrogens is 344 g/mol. The molecular formula is C21H26N2O4. The van der Waals surface area contributed by atoms with Crippen LogP contribution in [0.2, 0.25) is 0 Å². The predicted octanol–water partition coefficient (Wildman–Crippen LogP) is 3.69. The van der Waals surface area contributed by atoms with E-state index >= 15 is 0 Å². The Morgan fingerprint density at radius 1 is 1.07 bits per heavy atom. The summed E-state index contributed by atoms with van der Waals surface area (Å²) in [5, 5.41) is 5.70. The third-order valence-corrected chi connectivity index (χ3v) is 3.91. The average Bonchev–Trinajstić information content (AvgIpc) is 2.66. The molecule has 0 aliphatic rings. The number of hydrogen-bond acceptors (Lipinski definition) is 4. The molecule has 0 aromatic heterocycles. The van der Waals surface area contributed by atoms with Crippen molar-refractivity contribution in [2.45, 2.75) is 32.7 Å². The monoisotopic (exact) mass is 370 g/mol. The van der Waals surface area contributed by atoms with Gasteiger partial charge in [-0.25, -0.2) is 0 Å². The summed E-state index contributed by atoms with van der Waals surface area (Å²) in [7, 11) is 1.59. The van der Waals surface area contributed by atoms with Gasteiger partial charge in [0.2, 0.25) is 11.8 Å². The first-order valence-corrected chi connectivity index (χ1v) is 8.96. The predicted molar refractivity (Wildman–Crippen MR) is 105 cm³/mol. The zero-order valence-corrected chi connectivity index (χ0v) is 16.0. The van der Waals surface area contributed by atoms with Crippen LogP contribution in [0.5, 0.6) is 11.5 Å². The summed E-state index contributed by atoms with van der Waals surface area (Å²) in [6, 6.07) is 14.2. The van der Waals surface area contributed by atoms with E-state index < -0.39 is 6.04 Å². The third-order valence-electron chi connectivity index (χ3n) is 3.91. The molecule has 2 aromatic rings. The molecule has 0 saturated heterocycles. The van der Waals surface area contributed by atoms with Crippen LogP contribution in [0.1, 0.15) is 38.3 Å². The third kappa shape index (κ3) is 6.33. The van der Waals surface area contributed by atoms with Gasteiger partial charge in [0.05, 0.1) is 31.9 Å². The number of anilines is 1. The van der Waals surface area contributed by atoms with Crippen molar-refractivity contribution < 1.29 is 19.1 Å². The van der Waals surface area contributed by atoms with E-state index in [1.165, 1.54) is 6.92 Å². The Morgan fingerprint density at radius 3 is 2.41 bits per heavy atom. The number of rotatable bonds is 9. The van der Waals surface area contributed by atoms with E-state index in [9.17, 15) is 9.59 Å².